The van der Waals surface area contributed by atoms with Crippen LogP contribution in [0.15, 0.2) is 53.9 Å². The number of aromatic nitrogens is 6. The second kappa shape index (κ2) is 6.60. The highest BCUT2D eigenvalue weighted by Crippen LogP contribution is 2.25. The Labute approximate surface area is 149 Å². The van der Waals surface area contributed by atoms with Gasteiger partial charge in [-0.05, 0) is 31.2 Å². The van der Waals surface area contributed by atoms with Gasteiger partial charge in [0.1, 0.15) is 0 Å². The molecule has 0 saturated carbocycles. The maximum Gasteiger partial charge on any atom is 0.191 e. The first-order chi connectivity index (χ1) is 12.2. The molecule has 25 heavy (non-hydrogen) atoms. The van der Waals surface area contributed by atoms with Crippen LogP contribution in [0.4, 0.5) is 0 Å². The molecule has 0 saturated heterocycles. The molecule has 0 aliphatic rings. The Balaban J connectivity index is 1.58. The van der Waals surface area contributed by atoms with Gasteiger partial charge in [0.2, 0.25) is 0 Å². The Morgan fingerprint density at radius 2 is 1.68 bits per heavy atom. The van der Waals surface area contributed by atoms with Crippen molar-refractivity contribution >= 4 is 22.8 Å². The molecule has 6 nitrogen and oxygen atoms in total. The maximum atomic E-state index is 4.74. The number of pyridine rings is 1. The van der Waals surface area contributed by atoms with Crippen molar-refractivity contribution in [1.29, 1.82) is 0 Å². The molecule has 4 rings (SSSR count). The lowest BCUT2D eigenvalue weighted by molar-refractivity contribution is 0.793. The van der Waals surface area contributed by atoms with Crippen molar-refractivity contribution in [3.8, 4) is 11.4 Å². The van der Waals surface area contributed by atoms with Crippen LogP contribution in [0.2, 0.25) is 0 Å². The van der Waals surface area contributed by atoms with Gasteiger partial charge in [0.25, 0.3) is 0 Å². The molecule has 0 bridgehead atoms. The van der Waals surface area contributed by atoms with Crippen molar-refractivity contribution < 1.29 is 0 Å². The van der Waals surface area contributed by atoms with Gasteiger partial charge < -0.3 is 4.57 Å². The van der Waals surface area contributed by atoms with E-state index in [1.165, 1.54) is 0 Å². The van der Waals surface area contributed by atoms with Crippen LogP contribution in [0, 0.1) is 6.92 Å². The largest absolute Gasteiger partial charge is 0.305 e. The molecule has 0 radical (unpaired) electrons. The van der Waals surface area contributed by atoms with Crippen molar-refractivity contribution in [1.82, 2.24) is 29.7 Å². The van der Waals surface area contributed by atoms with E-state index in [-0.39, 0.29) is 0 Å². The third-order valence-corrected chi connectivity index (χ3v) is 4.99. The molecule has 3 aromatic heterocycles. The quantitative estimate of drug-likeness (QED) is 0.526. The summed E-state index contributed by atoms with van der Waals surface area (Å²) in [5.41, 5.74) is 4.75. The van der Waals surface area contributed by atoms with Crippen molar-refractivity contribution in [3.05, 3.63) is 60.2 Å². The van der Waals surface area contributed by atoms with E-state index in [0.717, 1.165) is 39.0 Å². The van der Waals surface area contributed by atoms with Gasteiger partial charge in [-0.1, -0.05) is 23.9 Å². The highest BCUT2D eigenvalue weighted by atomic mass is 32.2. The van der Waals surface area contributed by atoms with Gasteiger partial charge in [-0.2, -0.15) is 0 Å². The lowest BCUT2D eigenvalue weighted by Gasteiger charge is -2.07. The molecule has 0 atom stereocenters. The van der Waals surface area contributed by atoms with E-state index in [0.29, 0.717) is 5.75 Å². The molecule has 124 valence electrons. The lowest BCUT2D eigenvalue weighted by atomic mass is 10.2. The van der Waals surface area contributed by atoms with E-state index >= 15 is 0 Å². The fraction of sp³-hybridized carbons (Fsp3) is 0.167. The summed E-state index contributed by atoms with van der Waals surface area (Å²) >= 11 is 1.61. The van der Waals surface area contributed by atoms with Crippen LogP contribution < -0.4 is 0 Å². The monoisotopic (exact) mass is 348 g/mol. The molecule has 3 heterocycles. The average molecular weight is 348 g/mol. The molecule has 7 heteroatoms. The third-order valence-electron chi connectivity index (χ3n) is 3.95. The van der Waals surface area contributed by atoms with Crippen LogP contribution in [0.1, 0.15) is 11.4 Å². The normalized spacial score (nSPS) is 11.1. The van der Waals surface area contributed by atoms with Crippen LogP contribution >= 0.6 is 11.8 Å². The van der Waals surface area contributed by atoms with Crippen molar-refractivity contribution in [2.75, 3.05) is 0 Å². The Bertz CT molecular complexity index is 1030. The molecule has 0 amide bonds. The summed E-state index contributed by atoms with van der Waals surface area (Å²) in [7, 11) is 1.97. The minimum atomic E-state index is 0.700. The van der Waals surface area contributed by atoms with Crippen LogP contribution in [0.25, 0.3) is 22.4 Å². The van der Waals surface area contributed by atoms with Gasteiger partial charge in [-0.15, -0.1) is 10.2 Å². The summed E-state index contributed by atoms with van der Waals surface area (Å²) in [6.45, 7) is 1.99. The van der Waals surface area contributed by atoms with Gasteiger partial charge in [0, 0.05) is 30.8 Å². The number of nitrogens with zero attached hydrogens (tertiary/aromatic N) is 6. The lowest BCUT2D eigenvalue weighted by Crippen LogP contribution is -1.99. The summed E-state index contributed by atoms with van der Waals surface area (Å²) in [6, 6.07) is 11.8. The zero-order chi connectivity index (χ0) is 17.2. The number of aryl methyl sites for hydroxylation is 1. The van der Waals surface area contributed by atoms with Crippen molar-refractivity contribution in [2.45, 2.75) is 17.8 Å². The summed E-state index contributed by atoms with van der Waals surface area (Å²) in [5.74, 6) is 1.53. The van der Waals surface area contributed by atoms with Crippen LogP contribution in [-0.2, 0) is 12.8 Å². The van der Waals surface area contributed by atoms with E-state index in [1.54, 1.807) is 24.2 Å². The number of rotatable bonds is 4. The van der Waals surface area contributed by atoms with E-state index in [9.17, 15) is 0 Å². The zero-order valence-electron chi connectivity index (χ0n) is 13.9. The SMILES string of the molecule is Cc1nc2ccccc2nc1CSc1nnc(-c2ccncc2)n1C. The van der Waals surface area contributed by atoms with E-state index < -0.39 is 0 Å². The first-order valence-corrected chi connectivity index (χ1v) is 8.86. The van der Waals surface area contributed by atoms with Crippen molar-refractivity contribution in [2.24, 2.45) is 7.05 Å². The maximum absolute atomic E-state index is 4.74. The Morgan fingerprint density at radius 1 is 0.960 bits per heavy atom. The molecule has 1 aromatic carbocycles. The van der Waals surface area contributed by atoms with Gasteiger partial charge in [0.15, 0.2) is 11.0 Å². The van der Waals surface area contributed by atoms with Crippen LogP contribution in [0.5, 0.6) is 0 Å². The summed E-state index contributed by atoms with van der Waals surface area (Å²) in [6.07, 6.45) is 3.51. The van der Waals surface area contributed by atoms with Gasteiger partial charge in [0.05, 0.1) is 22.4 Å². The number of benzene rings is 1. The zero-order valence-corrected chi connectivity index (χ0v) is 14.7. The molecule has 0 aliphatic heterocycles. The number of hydrogen-bond acceptors (Lipinski definition) is 6. The van der Waals surface area contributed by atoms with Crippen LogP contribution in [-0.4, -0.2) is 29.7 Å². The van der Waals surface area contributed by atoms with E-state index in [1.807, 2.05) is 54.9 Å². The topological polar surface area (TPSA) is 69.4 Å². The highest BCUT2D eigenvalue weighted by molar-refractivity contribution is 7.98. The third kappa shape index (κ3) is 3.10. The minimum absolute atomic E-state index is 0.700. The number of para-hydroxylation sites is 2. The average Bonchev–Trinajstić information content (AvgIpc) is 3.01. The first-order valence-electron chi connectivity index (χ1n) is 7.87. The molecule has 0 N–H and O–H groups in total. The summed E-state index contributed by atoms with van der Waals surface area (Å²) < 4.78 is 1.99. The Morgan fingerprint density at radius 3 is 2.44 bits per heavy atom. The van der Waals surface area contributed by atoms with Gasteiger partial charge in [-0.3, -0.25) is 4.98 Å². The predicted molar refractivity (Wildman–Crippen MR) is 98.1 cm³/mol. The van der Waals surface area contributed by atoms with E-state index in [4.69, 9.17) is 4.98 Å². The molecule has 0 unspecified atom stereocenters. The molecule has 0 aliphatic carbocycles. The Hall–Kier alpha value is -2.80. The van der Waals surface area contributed by atoms with Gasteiger partial charge >= 0.3 is 0 Å². The van der Waals surface area contributed by atoms with Crippen molar-refractivity contribution in [3.63, 3.8) is 0 Å². The number of fused-ring (bicyclic) bond motifs is 1. The summed E-state index contributed by atoms with van der Waals surface area (Å²) in [4.78, 5) is 13.4. The van der Waals surface area contributed by atoms with Gasteiger partial charge in [-0.25, -0.2) is 9.97 Å². The number of hydrogen-bond donors (Lipinski definition) is 0. The Kier molecular flexibility index (Phi) is 4.15. The van der Waals surface area contributed by atoms with E-state index in [2.05, 4.69) is 20.2 Å². The highest BCUT2D eigenvalue weighted by Gasteiger charge is 2.13. The number of thioether (sulfide) groups is 1. The second-order valence-corrected chi connectivity index (χ2v) is 6.58. The molecule has 4 aromatic rings. The van der Waals surface area contributed by atoms with Crippen LogP contribution in [0.3, 0.4) is 0 Å². The standard InChI is InChI=1S/C18H16N6S/c1-12-16(21-15-6-4-3-5-14(15)20-12)11-25-18-23-22-17(24(18)2)13-7-9-19-10-8-13/h3-10H,11H2,1-2H3. The summed E-state index contributed by atoms with van der Waals surface area (Å²) in [5, 5.41) is 9.45. The molecule has 0 fully saturated rings. The smallest absolute Gasteiger partial charge is 0.191 e. The predicted octanol–water partition coefficient (Wildman–Crippen LogP) is 3.42. The fourth-order valence-electron chi connectivity index (χ4n) is 2.59. The second-order valence-electron chi connectivity index (χ2n) is 5.63. The molecular weight excluding hydrogens is 332 g/mol. The molecule has 0 spiro atoms. The first kappa shape index (κ1) is 15.7. The molecular formula is C18H16N6S. The fourth-order valence-corrected chi connectivity index (χ4v) is 3.51. The minimum Gasteiger partial charge on any atom is -0.305 e.